The summed E-state index contributed by atoms with van der Waals surface area (Å²) < 4.78 is 5.83. The Bertz CT molecular complexity index is 311. The second-order valence-electron chi connectivity index (χ2n) is 8.28. The third-order valence-electron chi connectivity index (χ3n) is 5.62. The number of nitrogens with zero attached hydrogens (tertiary/aromatic N) is 1. The SMILES string of the molecule is CCOC1CCCN(CC2CC(C(C)(C)C)CCC2N)C1. The summed E-state index contributed by atoms with van der Waals surface area (Å²) in [4.78, 5) is 2.61. The molecule has 0 aromatic rings. The van der Waals surface area contributed by atoms with Gasteiger partial charge in [0, 0.05) is 25.7 Å². The fourth-order valence-electron chi connectivity index (χ4n) is 4.17. The van der Waals surface area contributed by atoms with Gasteiger partial charge in [0.2, 0.25) is 0 Å². The minimum absolute atomic E-state index is 0.399. The fourth-order valence-corrected chi connectivity index (χ4v) is 4.17. The molecule has 1 heterocycles. The lowest BCUT2D eigenvalue weighted by atomic mass is 9.67. The van der Waals surface area contributed by atoms with E-state index in [-0.39, 0.29) is 0 Å². The monoisotopic (exact) mass is 296 g/mol. The Hall–Kier alpha value is -0.120. The van der Waals surface area contributed by atoms with Gasteiger partial charge in [-0.2, -0.15) is 0 Å². The van der Waals surface area contributed by atoms with Crippen LogP contribution in [0.25, 0.3) is 0 Å². The molecule has 124 valence electrons. The topological polar surface area (TPSA) is 38.5 Å². The lowest BCUT2D eigenvalue weighted by Gasteiger charge is -2.43. The molecule has 1 aliphatic carbocycles. The van der Waals surface area contributed by atoms with Crippen LogP contribution >= 0.6 is 0 Å². The summed E-state index contributed by atoms with van der Waals surface area (Å²) in [5.41, 5.74) is 6.86. The summed E-state index contributed by atoms with van der Waals surface area (Å²) in [6.07, 6.45) is 6.77. The molecular weight excluding hydrogens is 260 g/mol. The Balaban J connectivity index is 1.88. The van der Waals surface area contributed by atoms with Crippen LogP contribution in [0.4, 0.5) is 0 Å². The first-order valence-electron chi connectivity index (χ1n) is 8.99. The van der Waals surface area contributed by atoms with Crippen LogP contribution < -0.4 is 5.73 Å². The van der Waals surface area contributed by atoms with Crippen molar-refractivity contribution in [1.82, 2.24) is 4.90 Å². The fraction of sp³-hybridized carbons (Fsp3) is 1.00. The molecule has 1 saturated heterocycles. The Morgan fingerprint density at radius 2 is 1.95 bits per heavy atom. The van der Waals surface area contributed by atoms with Crippen LogP contribution in [0.15, 0.2) is 0 Å². The summed E-state index contributed by atoms with van der Waals surface area (Å²) in [7, 11) is 0. The predicted molar refractivity (Wildman–Crippen MR) is 89.3 cm³/mol. The molecule has 0 amide bonds. The van der Waals surface area contributed by atoms with Gasteiger partial charge in [-0.25, -0.2) is 0 Å². The van der Waals surface area contributed by atoms with Gasteiger partial charge in [-0.05, 0) is 62.8 Å². The summed E-state index contributed by atoms with van der Waals surface area (Å²) in [6.45, 7) is 13.6. The minimum Gasteiger partial charge on any atom is -0.377 e. The first-order valence-corrected chi connectivity index (χ1v) is 8.99. The highest BCUT2D eigenvalue weighted by atomic mass is 16.5. The highest BCUT2D eigenvalue weighted by molar-refractivity contribution is 4.89. The highest BCUT2D eigenvalue weighted by Gasteiger charge is 2.35. The van der Waals surface area contributed by atoms with Crippen LogP contribution in [0.1, 0.15) is 59.8 Å². The van der Waals surface area contributed by atoms with E-state index < -0.39 is 0 Å². The van der Waals surface area contributed by atoms with Crippen LogP contribution in [0, 0.1) is 17.3 Å². The van der Waals surface area contributed by atoms with E-state index in [0.29, 0.717) is 23.5 Å². The van der Waals surface area contributed by atoms with Gasteiger partial charge in [0.05, 0.1) is 6.10 Å². The van der Waals surface area contributed by atoms with Gasteiger partial charge in [-0.15, -0.1) is 0 Å². The maximum Gasteiger partial charge on any atom is 0.0702 e. The van der Waals surface area contributed by atoms with Gasteiger partial charge in [0.1, 0.15) is 0 Å². The molecule has 2 fully saturated rings. The maximum absolute atomic E-state index is 6.44. The Kier molecular flexibility index (Phi) is 6.10. The molecule has 0 aromatic carbocycles. The van der Waals surface area contributed by atoms with Crippen molar-refractivity contribution in [2.45, 2.75) is 71.9 Å². The van der Waals surface area contributed by atoms with Gasteiger partial charge < -0.3 is 15.4 Å². The third-order valence-corrected chi connectivity index (χ3v) is 5.62. The average Bonchev–Trinajstić information content (AvgIpc) is 2.41. The largest absolute Gasteiger partial charge is 0.377 e. The normalized spacial score (nSPS) is 35.9. The summed E-state index contributed by atoms with van der Waals surface area (Å²) >= 11 is 0. The van der Waals surface area contributed by atoms with Crippen molar-refractivity contribution < 1.29 is 4.74 Å². The van der Waals surface area contributed by atoms with Crippen molar-refractivity contribution in [3.05, 3.63) is 0 Å². The molecule has 4 atom stereocenters. The van der Waals surface area contributed by atoms with Crippen LogP contribution in [-0.2, 0) is 4.74 Å². The molecule has 2 N–H and O–H groups in total. The summed E-state index contributed by atoms with van der Waals surface area (Å²) in [5.74, 6) is 1.50. The van der Waals surface area contributed by atoms with E-state index in [4.69, 9.17) is 10.5 Å². The molecule has 1 aliphatic heterocycles. The lowest BCUT2D eigenvalue weighted by Crippen LogP contribution is -2.48. The minimum atomic E-state index is 0.399. The second kappa shape index (κ2) is 7.43. The van der Waals surface area contributed by atoms with Crippen molar-refractivity contribution in [2.75, 3.05) is 26.2 Å². The molecule has 21 heavy (non-hydrogen) atoms. The molecule has 0 bridgehead atoms. The van der Waals surface area contributed by atoms with E-state index >= 15 is 0 Å². The van der Waals surface area contributed by atoms with E-state index in [1.54, 1.807) is 0 Å². The molecule has 3 nitrogen and oxygen atoms in total. The quantitative estimate of drug-likeness (QED) is 0.865. The Morgan fingerprint density at radius 3 is 2.62 bits per heavy atom. The molecule has 2 aliphatic rings. The number of likely N-dealkylation sites (tertiary alicyclic amines) is 1. The second-order valence-corrected chi connectivity index (χ2v) is 8.28. The van der Waals surface area contributed by atoms with Gasteiger partial charge in [-0.1, -0.05) is 20.8 Å². The van der Waals surface area contributed by atoms with Crippen molar-refractivity contribution in [3.63, 3.8) is 0 Å². The lowest BCUT2D eigenvalue weighted by molar-refractivity contribution is -0.00447. The number of ether oxygens (including phenoxy) is 1. The van der Waals surface area contributed by atoms with Crippen molar-refractivity contribution in [2.24, 2.45) is 23.0 Å². The number of hydrogen-bond acceptors (Lipinski definition) is 3. The van der Waals surface area contributed by atoms with E-state index in [2.05, 4.69) is 32.6 Å². The molecule has 3 heteroatoms. The zero-order valence-corrected chi connectivity index (χ0v) is 14.6. The zero-order valence-electron chi connectivity index (χ0n) is 14.6. The van der Waals surface area contributed by atoms with E-state index in [1.165, 1.54) is 45.2 Å². The van der Waals surface area contributed by atoms with Crippen LogP contribution in [0.5, 0.6) is 0 Å². The van der Waals surface area contributed by atoms with Gasteiger partial charge >= 0.3 is 0 Å². The zero-order chi connectivity index (χ0) is 15.5. The van der Waals surface area contributed by atoms with Crippen molar-refractivity contribution in [3.8, 4) is 0 Å². The number of nitrogens with two attached hydrogens (primary N) is 1. The molecule has 0 spiro atoms. The van der Waals surface area contributed by atoms with Gasteiger partial charge in [0.25, 0.3) is 0 Å². The maximum atomic E-state index is 6.44. The summed E-state index contributed by atoms with van der Waals surface area (Å²) in [6, 6.07) is 0.399. The number of hydrogen-bond donors (Lipinski definition) is 1. The molecule has 0 radical (unpaired) electrons. The smallest absolute Gasteiger partial charge is 0.0702 e. The number of piperidine rings is 1. The predicted octanol–water partition coefficient (Wildman–Crippen LogP) is 3.28. The molecule has 2 rings (SSSR count). The number of rotatable bonds is 4. The first-order chi connectivity index (χ1) is 9.90. The highest BCUT2D eigenvalue weighted by Crippen LogP contribution is 2.40. The van der Waals surface area contributed by atoms with Crippen LogP contribution in [-0.4, -0.2) is 43.3 Å². The van der Waals surface area contributed by atoms with E-state index in [9.17, 15) is 0 Å². The van der Waals surface area contributed by atoms with Crippen LogP contribution in [0.3, 0.4) is 0 Å². The van der Waals surface area contributed by atoms with Crippen molar-refractivity contribution >= 4 is 0 Å². The molecule has 0 aromatic heterocycles. The Morgan fingerprint density at radius 1 is 1.19 bits per heavy atom. The van der Waals surface area contributed by atoms with Crippen LogP contribution in [0.2, 0.25) is 0 Å². The molecular formula is C18H36N2O. The summed E-state index contributed by atoms with van der Waals surface area (Å²) in [5, 5.41) is 0. The van der Waals surface area contributed by atoms with Gasteiger partial charge in [-0.3, -0.25) is 0 Å². The van der Waals surface area contributed by atoms with E-state index in [1.807, 2.05) is 0 Å². The van der Waals surface area contributed by atoms with E-state index in [0.717, 1.165) is 19.1 Å². The van der Waals surface area contributed by atoms with Crippen molar-refractivity contribution in [1.29, 1.82) is 0 Å². The molecule has 4 unspecified atom stereocenters. The third kappa shape index (κ3) is 4.94. The molecule has 1 saturated carbocycles. The van der Waals surface area contributed by atoms with Gasteiger partial charge in [0.15, 0.2) is 0 Å². The Labute approximate surface area is 131 Å². The standard InChI is InChI=1S/C18H36N2O/c1-5-21-16-7-6-10-20(13-16)12-14-11-15(18(2,3)4)8-9-17(14)19/h14-17H,5-13,19H2,1-4H3. The average molecular weight is 296 g/mol. The first kappa shape index (κ1) is 17.2.